The predicted octanol–water partition coefficient (Wildman–Crippen LogP) is 1.85. The third-order valence-electron chi connectivity index (χ3n) is 4.09. The van der Waals surface area contributed by atoms with Crippen molar-refractivity contribution in [2.45, 2.75) is 39.8 Å². The van der Waals surface area contributed by atoms with Crippen molar-refractivity contribution in [2.75, 3.05) is 10.2 Å². The summed E-state index contributed by atoms with van der Waals surface area (Å²) in [4.78, 5) is 26.2. The van der Waals surface area contributed by atoms with Crippen LogP contribution in [0.25, 0.3) is 0 Å². The molecule has 0 bridgehead atoms. The summed E-state index contributed by atoms with van der Waals surface area (Å²) >= 11 is 0. The lowest BCUT2D eigenvalue weighted by molar-refractivity contribution is -0.120. The molecule has 1 aliphatic rings. The summed E-state index contributed by atoms with van der Waals surface area (Å²) in [5.74, 6) is 0.0460. The summed E-state index contributed by atoms with van der Waals surface area (Å²) in [7, 11) is 0. The van der Waals surface area contributed by atoms with Crippen LogP contribution in [-0.2, 0) is 22.6 Å². The maximum absolute atomic E-state index is 12.7. The highest BCUT2D eigenvalue weighted by Crippen LogP contribution is 2.31. The molecule has 0 saturated carbocycles. The van der Waals surface area contributed by atoms with Crippen molar-refractivity contribution in [1.82, 2.24) is 15.0 Å². The van der Waals surface area contributed by atoms with Gasteiger partial charge in [-0.3, -0.25) is 9.59 Å². The summed E-state index contributed by atoms with van der Waals surface area (Å²) in [6, 6.07) is 8.06. The Hall–Kier alpha value is -2.70. The Labute approximate surface area is 140 Å². The van der Waals surface area contributed by atoms with Crippen molar-refractivity contribution >= 4 is 23.3 Å². The number of fused-ring (bicyclic) bond motifs is 1. The zero-order valence-corrected chi connectivity index (χ0v) is 14.1. The normalized spacial score (nSPS) is 16.3. The standard InChI is InChI=1S/C17H21N5O2/c1-11(2)17(24)18-15-9-21(20-19-15)10-16(23)22-12(3)8-13-6-4-5-7-14(13)22/h4-7,9,11-12H,8,10H2,1-3H3,(H,18,24). The van der Waals surface area contributed by atoms with E-state index in [1.165, 1.54) is 10.2 Å². The largest absolute Gasteiger partial charge is 0.308 e. The molecule has 2 aromatic rings. The van der Waals surface area contributed by atoms with Gasteiger partial charge in [-0.25, -0.2) is 4.68 Å². The first-order valence-electron chi connectivity index (χ1n) is 8.06. The maximum Gasteiger partial charge on any atom is 0.249 e. The van der Waals surface area contributed by atoms with E-state index in [4.69, 9.17) is 0 Å². The molecule has 0 aliphatic carbocycles. The second-order valence-corrected chi connectivity index (χ2v) is 6.39. The van der Waals surface area contributed by atoms with Gasteiger partial charge in [-0.05, 0) is 25.0 Å². The number of aromatic nitrogens is 3. The fourth-order valence-corrected chi connectivity index (χ4v) is 2.86. The number of benzene rings is 1. The average molecular weight is 327 g/mol. The molecule has 1 unspecified atom stereocenters. The fourth-order valence-electron chi connectivity index (χ4n) is 2.86. The zero-order chi connectivity index (χ0) is 17.3. The first-order valence-corrected chi connectivity index (χ1v) is 8.06. The number of hydrogen-bond donors (Lipinski definition) is 1. The number of hydrogen-bond acceptors (Lipinski definition) is 4. The summed E-state index contributed by atoms with van der Waals surface area (Å²) < 4.78 is 1.45. The number of anilines is 2. The predicted molar refractivity (Wildman–Crippen MR) is 90.6 cm³/mol. The molecule has 7 heteroatoms. The van der Waals surface area contributed by atoms with Gasteiger partial charge in [0.1, 0.15) is 6.54 Å². The molecule has 126 valence electrons. The Morgan fingerprint density at radius 1 is 1.33 bits per heavy atom. The van der Waals surface area contributed by atoms with Crippen molar-refractivity contribution in [2.24, 2.45) is 5.92 Å². The molecule has 2 heterocycles. The first-order chi connectivity index (χ1) is 11.5. The zero-order valence-electron chi connectivity index (χ0n) is 14.1. The molecule has 2 amide bonds. The van der Waals surface area contributed by atoms with E-state index in [1.54, 1.807) is 20.0 Å². The summed E-state index contributed by atoms with van der Waals surface area (Å²) in [5, 5.41) is 10.5. The third kappa shape index (κ3) is 3.15. The van der Waals surface area contributed by atoms with Crippen LogP contribution in [0, 0.1) is 5.92 Å². The van der Waals surface area contributed by atoms with Crippen LogP contribution < -0.4 is 10.2 Å². The Balaban J connectivity index is 1.70. The Kier molecular flexibility index (Phi) is 4.33. The van der Waals surface area contributed by atoms with Gasteiger partial charge in [0.25, 0.3) is 0 Å². The SMILES string of the molecule is CC(C)C(=O)Nc1cn(CC(=O)N2c3ccccc3CC2C)nn1. The van der Waals surface area contributed by atoms with Gasteiger partial charge >= 0.3 is 0 Å². The van der Waals surface area contributed by atoms with Crippen LogP contribution in [0.2, 0.25) is 0 Å². The molecule has 24 heavy (non-hydrogen) atoms. The van der Waals surface area contributed by atoms with Crippen LogP contribution in [0.4, 0.5) is 11.5 Å². The molecule has 0 saturated heterocycles. The molecule has 0 spiro atoms. The molecule has 1 aromatic heterocycles. The summed E-state index contributed by atoms with van der Waals surface area (Å²) in [6.07, 6.45) is 2.43. The van der Waals surface area contributed by atoms with E-state index in [-0.39, 0.29) is 30.3 Å². The molecule has 3 rings (SSSR count). The van der Waals surface area contributed by atoms with E-state index in [9.17, 15) is 9.59 Å². The minimum absolute atomic E-state index is 0.0425. The van der Waals surface area contributed by atoms with Crippen molar-refractivity contribution in [3.63, 3.8) is 0 Å². The average Bonchev–Trinajstić information content (AvgIpc) is 3.09. The summed E-state index contributed by atoms with van der Waals surface area (Å²) in [5.41, 5.74) is 2.14. The lowest BCUT2D eigenvalue weighted by atomic mass is 10.1. The van der Waals surface area contributed by atoms with E-state index in [1.807, 2.05) is 36.1 Å². The molecule has 1 N–H and O–H groups in total. The number of nitrogens with one attached hydrogen (secondary N) is 1. The van der Waals surface area contributed by atoms with Gasteiger partial charge < -0.3 is 10.2 Å². The molecule has 7 nitrogen and oxygen atoms in total. The molecule has 1 aromatic carbocycles. The second-order valence-electron chi connectivity index (χ2n) is 6.39. The van der Waals surface area contributed by atoms with Gasteiger partial charge in [-0.2, -0.15) is 0 Å². The Bertz CT molecular complexity index is 768. The number of carbonyl (C=O) groups excluding carboxylic acids is 2. The highest BCUT2D eigenvalue weighted by Gasteiger charge is 2.30. The van der Waals surface area contributed by atoms with Crippen LogP contribution in [0.1, 0.15) is 26.3 Å². The molecule has 1 atom stereocenters. The minimum atomic E-state index is -0.140. The van der Waals surface area contributed by atoms with Gasteiger partial charge in [0.15, 0.2) is 5.82 Å². The number of amides is 2. The first kappa shape index (κ1) is 16.2. The van der Waals surface area contributed by atoms with Gasteiger partial charge in [0.05, 0.1) is 6.20 Å². The van der Waals surface area contributed by atoms with Gasteiger partial charge in [-0.15, -0.1) is 5.10 Å². The number of rotatable bonds is 4. The maximum atomic E-state index is 12.7. The van der Waals surface area contributed by atoms with E-state index < -0.39 is 0 Å². The second kappa shape index (κ2) is 6.43. The lowest BCUT2D eigenvalue weighted by Gasteiger charge is -2.22. The minimum Gasteiger partial charge on any atom is -0.308 e. The summed E-state index contributed by atoms with van der Waals surface area (Å²) in [6.45, 7) is 5.72. The van der Waals surface area contributed by atoms with Crippen LogP contribution >= 0.6 is 0 Å². The van der Waals surface area contributed by atoms with Crippen LogP contribution in [0.3, 0.4) is 0 Å². The van der Waals surface area contributed by atoms with Crippen molar-refractivity contribution in [1.29, 1.82) is 0 Å². The highest BCUT2D eigenvalue weighted by molar-refractivity contribution is 5.96. The van der Waals surface area contributed by atoms with E-state index in [2.05, 4.69) is 15.6 Å². The number of nitrogens with zero attached hydrogens (tertiary/aromatic N) is 4. The molecule has 0 radical (unpaired) electrons. The quantitative estimate of drug-likeness (QED) is 0.929. The lowest BCUT2D eigenvalue weighted by Crippen LogP contribution is -2.38. The van der Waals surface area contributed by atoms with Gasteiger partial charge in [0, 0.05) is 17.6 Å². The van der Waals surface area contributed by atoms with E-state index >= 15 is 0 Å². The van der Waals surface area contributed by atoms with Crippen LogP contribution in [0.5, 0.6) is 0 Å². The molecule has 1 aliphatic heterocycles. The third-order valence-corrected chi connectivity index (χ3v) is 4.09. The Morgan fingerprint density at radius 3 is 2.83 bits per heavy atom. The monoisotopic (exact) mass is 327 g/mol. The van der Waals surface area contributed by atoms with E-state index in [0.717, 1.165) is 12.1 Å². The van der Waals surface area contributed by atoms with Gasteiger partial charge in [-0.1, -0.05) is 37.3 Å². The smallest absolute Gasteiger partial charge is 0.249 e. The molecular weight excluding hydrogens is 306 g/mol. The van der Waals surface area contributed by atoms with Gasteiger partial charge in [0.2, 0.25) is 11.8 Å². The number of para-hydroxylation sites is 1. The highest BCUT2D eigenvalue weighted by atomic mass is 16.2. The Morgan fingerprint density at radius 2 is 2.08 bits per heavy atom. The van der Waals surface area contributed by atoms with E-state index in [0.29, 0.717) is 5.82 Å². The van der Waals surface area contributed by atoms with Crippen molar-refractivity contribution < 1.29 is 9.59 Å². The molecule has 0 fully saturated rings. The van der Waals surface area contributed by atoms with Crippen molar-refractivity contribution in [3.8, 4) is 0 Å². The van der Waals surface area contributed by atoms with Crippen LogP contribution in [-0.4, -0.2) is 32.9 Å². The topological polar surface area (TPSA) is 80.1 Å². The fraction of sp³-hybridized carbons (Fsp3) is 0.412. The van der Waals surface area contributed by atoms with Crippen molar-refractivity contribution in [3.05, 3.63) is 36.0 Å². The number of carbonyl (C=O) groups is 2. The van der Waals surface area contributed by atoms with Crippen LogP contribution in [0.15, 0.2) is 30.5 Å². The molecular formula is C17H21N5O2.